The van der Waals surface area contributed by atoms with Crippen LogP contribution in [0.5, 0.6) is 0 Å². The summed E-state index contributed by atoms with van der Waals surface area (Å²) in [5, 5.41) is 2.99. The van der Waals surface area contributed by atoms with E-state index in [1.807, 2.05) is 32.6 Å². The number of carbonyl (C=O) groups excluding carboxylic acids is 2. The highest BCUT2D eigenvalue weighted by atomic mass is 16.5. The summed E-state index contributed by atoms with van der Waals surface area (Å²) in [7, 11) is 0. The summed E-state index contributed by atoms with van der Waals surface area (Å²) in [6, 6.07) is -0.168. The molecule has 120 valence electrons. The van der Waals surface area contributed by atoms with Gasteiger partial charge in [0.05, 0.1) is 6.10 Å². The molecule has 0 aromatic carbocycles. The Hall–Kier alpha value is -1.10. The fraction of sp³-hybridized carbons (Fsp3) is 0.875. The number of nitrogens with zero attached hydrogens (tertiary/aromatic N) is 1. The second kappa shape index (κ2) is 6.34. The van der Waals surface area contributed by atoms with E-state index in [4.69, 9.17) is 4.74 Å². The minimum Gasteiger partial charge on any atom is -0.378 e. The molecule has 0 spiro atoms. The molecule has 1 saturated heterocycles. The topological polar surface area (TPSA) is 58.6 Å². The molecule has 1 aliphatic heterocycles. The van der Waals surface area contributed by atoms with Gasteiger partial charge in [0, 0.05) is 12.6 Å². The third-order valence-corrected chi connectivity index (χ3v) is 5.10. The van der Waals surface area contributed by atoms with Crippen molar-refractivity contribution in [2.75, 3.05) is 6.61 Å². The second-order valence-corrected chi connectivity index (χ2v) is 6.12. The zero-order valence-electron chi connectivity index (χ0n) is 13.6. The second-order valence-electron chi connectivity index (χ2n) is 6.12. The number of nitrogens with one attached hydrogen (secondary N) is 1. The minimum absolute atomic E-state index is 0.000611. The van der Waals surface area contributed by atoms with E-state index in [0.29, 0.717) is 25.9 Å². The zero-order valence-corrected chi connectivity index (χ0v) is 13.6. The van der Waals surface area contributed by atoms with Gasteiger partial charge in [0.15, 0.2) is 0 Å². The van der Waals surface area contributed by atoms with E-state index < -0.39 is 5.54 Å². The van der Waals surface area contributed by atoms with Gasteiger partial charge in [0.25, 0.3) is 0 Å². The summed E-state index contributed by atoms with van der Waals surface area (Å²) in [4.78, 5) is 27.3. The van der Waals surface area contributed by atoms with Gasteiger partial charge < -0.3 is 15.0 Å². The third-order valence-electron chi connectivity index (χ3n) is 5.10. The first-order valence-electron chi connectivity index (χ1n) is 8.29. The lowest BCUT2D eigenvalue weighted by Gasteiger charge is -2.52. The molecule has 2 rings (SSSR count). The molecular weight excluding hydrogens is 268 g/mol. The van der Waals surface area contributed by atoms with Crippen molar-refractivity contribution in [1.29, 1.82) is 0 Å². The van der Waals surface area contributed by atoms with Gasteiger partial charge in [0.2, 0.25) is 11.8 Å². The molecule has 1 N–H and O–H groups in total. The number of ether oxygens (including phenoxy) is 1. The van der Waals surface area contributed by atoms with Gasteiger partial charge in [-0.05, 0) is 39.0 Å². The number of hydrogen-bond acceptors (Lipinski definition) is 3. The average molecular weight is 296 g/mol. The van der Waals surface area contributed by atoms with E-state index in [-0.39, 0.29) is 30.0 Å². The lowest BCUT2D eigenvalue weighted by atomic mass is 9.80. The maximum atomic E-state index is 13.0. The maximum Gasteiger partial charge on any atom is 0.249 e. The SMILES string of the molecule is CCOC1CC(N2C(=O)C(CC)(CC)NC(=O)C2CC)C1. The quantitative estimate of drug-likeness (QED) is 0.814. The summed E-state index contributed by atoms with van der Waals surface area (Å²) in [6.45, 7) is 8.59. The highest BCUT2D eigenvalue weighted by Crippen LogP contribution is 2.35. The Morgan fingerprint density at radius 3 is 2.29 bits per heavy atom. The Balaban J connectivity index is 2.18. The molecule has 1 heterocycles. The van der Waals surface area contributed by atoms with Crippen molar-refractivity contribution in [3.05, 3.63) is 0 Å². The highest BCUT2D eigenvalue weighted by molar-refractivity contribution is 6.00. The van der Waals surface area contributed by atoms with Gasteiger partial charge in [-0.3, -0.25) is 9.59 Å². The van der Waals surface area contributed by atoms with Gasteiger partial charge in [-0.2, -0.15) is 0 Å². The largest absolute Gasteiger partial charge is 0.378 e. The van der Waals surface area contributed by atoms with E-state index in [1.165, 1.54) is 0 Å². The van der Waals surface area contributed by atoms with E-state index in [1.54, 1.807) is 0 Å². The predicted molar refractivity (Wildman–Crippen MR) is 80.8 cm³/mol. The Morgan fingerprint density at radius 1 is 1.19 bits per heavy atom. The number of carbonyl (C=O) groups is 2. The molecule has 2 fully saturated rings. The van der Waals surface area contributed by atoms with Gasteiger partial charge in [-0.15, -0.1) is 0 Å². The molecule has 21 heavy (non-hydrogen) atoms. The van der Waals surface area contributed by atoms with Crippen LogP contribution in [-0.2, 0) is 14.3 Å². The van der Waals surface area contributed by atoms with Crippen LogP contribution in [0.15, 0.2) is 0 Å². The number of hydrogen-bond donors (Lipinski definition) is 1. The molecule has 1 unspecified atom stereocenters. The highest BCUT2D eigenvalue weighted by Gasteiger charge is 2.52. The van der Waals surface area contributed by atoms with Crippen LogP contribution < -0.4 is 5.32 Å². The maximum absolute atomic E-state index is 13.0. The molecular formula is C16H28N2O3. The minimum atomic E-state index is -0.709. The third kappa shape index (κ3) is 2.68. The van der Waals surface area contributed by atoms with Crippen molar-refractivity contribution in [3.63, 3.8) is 0 Å². The van der Waals surface area contributed by atoms with Gasteiger partial charge >= 0.3 is 0 Å². The summed E-state index contributed by atoms with van der Waals surface area (Å²) in [5.74, 6) is 0.0968. The van der Waals surface area contributed by atoms with Crippen LogP contribution in [0.2, 0.25) is 0 Å². The molecule has 1 saturated carbocycles. The number of rotatable bonds is 6. The molecule has 1 atom stereocenters. The molecule has 0 aromatic heterocycles. The Bertz CT molecular complexity index is 400. The summed E-state index contributed by atoms with van der Waals surface area (Å²) in [5.41, 5.74) is -0.709. The van der Waals surface area contributed by atoms with Crippen LogP contribution in [0.1, 0.15) is 59.8 Å². The van der Waals surface area contributed by atoms with E-state index in [0.717, 1.165) is 12.8 Å². The molecule has 5 nitrogen and oxygen atoms in total. The Kier molecular flexibility index (Phi) is 4.91. The number of piperazine rings is 1. The van der Waals surface area contributed by atoms with Gasteiger partial charge in [-0.1, -0.05) is 20.8 Å². The van der Waals surface area contributed by atoms with Crippen LogP contribution in [-0.4, -0.2) is 47.0 Å². The van der Waals surface area contributed by atoms with Crippen LogP contribution >= 0.6 is 0 Å². The van der Waals surface area contributed by atoms with E-state index >= 15 is 0 Å². The number of amides is 2. The first kappa shape index (κ1) is 16.3. The van der Waals surface area contributed by atoms with Crippen LogP contribution in [0, 0.1) is 0 Å². The van der Waals surface area contributed by atoms with Crippen molar-refractivity contribution >= 4 is 11.8 Å². The molecule has 1 aliphatic carbocycles. The summed E-state index contributed by atoms with van der Waals surface area (Å²) < 4.78 is 5.60. The average Bonchev–Trinajstić information content (AvgIpc) is 2.44. The lowest BCUT2D eigenvalue weighted by molar-refractivity contribution is -0.165. The molecule has 5 heteroatoms. The smallest absolute Gasteiger partial charge is 0.249 e. The van der Waals surface area contributed by atoms with Crippen LogP contribution in [0.25, 0.3) is 0 Å². The van der Waals surface area contributed by atoms with Crippen molar-refractivity contribution in [3.8, 4) is 0 Å². The predicted octanol–water partition coefficient (Wildman–Crippen LogP) is 1.85. The molecule has 0 radical (unpaired) electrons. The fourth-order valence-corrected chi connectivity index (χ4v) is 3.56. The molecule has 0 bridgehead atoms. The Morgan fingerprint density at radius 2 is 1.81 bits per heavy atom. The van der Waals surface area contributed by atoms with Crippen molar-refractivity contribution in [1.82, 2.24) is 10.2 Å². The van der Waals surface area contributed by atoms with Gasteiger partial charge in [0.1, 0.15) is 11.6 Å². The Labute approximate surface area is 127 Å². The van der Waals surface area contributed by atoms with Crippen LogP contribution in [0.4, 0.5) is 0 Å². The standard InChI is InChI=1S/C16H28N2O3/c1-5-13-14(19)17-16(6-2,7-3)15(20)18(13)11-9-12(10-11)21-8-4/h11-13H,5-10H2,1-4H3,(H,17,19). The summed E-state index contributed by atoms with van der Waals surface area (Å²) >= 11 is 0. The lowest BCUT2D eigenvalue weighted by Crippen LogP contribution is -2.73. The monoisotopic (exact) mass is 296 g/mol. The van der Waals surface area contributed by atoms with Crippen molar-refractivity contribution < 1.29 is 14.3 Å². The molecule has 2 amide bonds. The summed E-state index contributed by atoms with van der Waals surface area (Å²) in [6.07, 6.45) is 3.90. The van der Waals surface area contributed by atoms with Gasteiger partial charge in [-0.25, -0.2) is 0 Å². The fourth-order valence-electron chi connectivity index (χ4n) is 3.56. The van der Waals surface area contributed by atoms with Crippen molar-refractivity contribution in [2.45, 2.75) is 83.5 Å². The first-order valence-corrected chi connectivity index (χ1v) is 8.29. The van der Waals surface area contributed by atoms with Crippen molar-refractivity contribution in [2.24, 2.45) is 0 Å². The molecule has 2 aliphatic rings. The van der Waals surface area contributed by atoms with E-state index in [9.17, 15) is 9.59 Å². The molecule has 0 aromatic rings. The zero-order chi connectivity index (χ0) is 15.6. The first-order chi connectivity index (χ1) is 10.0. The van der Waals surface area contributed by atoms with Crippen LogP contribution in [0.3, 0.4) is 0 Å². The normalized spacial score (nSPS) is 31.8. The van der Waals surface area contributed by atoms with E-state index in [2.05, 4.69) is 5.32 Å².